The Hall–Kier alpha value is -2.09. The van der Waals surface area contributed by atoms with E-state index in [0.717, 1.165) is 18.5 Å². The number of unbranched alkanes of at least 4 members (excludes halogenated alkanes) is 1. The van der Waals surface area contributed by atoms with Crippen LogP contribution in [0.3, 0.4) is 0 Å². The summed E-state index contributed by atoms with van der Waals surface area (Å²) in [6, 6.07) is 15.2. The van der Waals surface area contributed by atoms with Crippen LogP contribution in [-0.4, -0.2) is 9.55 Å². The smallest absolute Gasteiger partial charge is 0.110 e. The van der Waals surface area contributed by atoms with Crippen LogP contribution >= 0.6 is 0 Å². The molecule has 0 saturated heterocycles. The molecule has 1 aromatic heterocycles. The second kappa shape index (κ2) is 6.35. The summed E-state index contributed by atoms with van der Waals surface area (Å²) >= 11 is 0. The van der Waals surface area contributed by atoms with Gasteiger partial charge in [-0.15, -0.1) is 0 Å². The first-order chi connectivity index (χ1) is 10.7. The normalized spacial score (nSPS) is 11.2. The Kier molecular flexibility index (Phi) is 4.28. The molecular weight excluding hydrogens is 268 g/mol. The first-order valence-corrected chi connectivity index (χ1v) is 8.19. The van der Waals surface area contributed by atoms with E-state index in [1.165, 1.54) is 40.9 Å². The molecule has 2 heteroatoms. The van der Waals surface area contributed by atoms with E-state index in [0.29, 0.717) is 0 Å². The zero-order valence-electron chi connectivity index (χ0n) is 13.8. The number of hydrogen-bond acceptors (Lipinski definition) is 1. The molecule has 0 aliphatic carbocycles. The Morgan fingerprint density at radius 1 is 1.05 bits per heavy atom. The minimum absolute atomic E-state index is 0.910. The highest BCUT2D eigenvalue weighted by molar-refractivity contribution is 5.76. The maximum absolute atomic E-state index is 4.86. The van der Waals surface area contributed by atoms with Crippen LogP contribution in [-0.2, 0) is 13.0 Å². The molecule has 0 radical (unpaired) electrons. The molecule has 0 bridgehead atoms. The largest absolute Gasteiger partial charge is 0.323 e. The molecule has 2 aromatic carbocycles. The molecule has 0 spiro atoms. The van der Waals surface area contributed by atoms with Gasteiger partial charge in [-0.3, -0.25) is 0 Å². The van der Waals surface area contributed by atoms with E-state index in [2.05, 4.69) is 67.8 Å². The van der Waals surface area contributed by atoms with Crippen molar-refractivity contribution in [2.45, 2.75) is 46.6 Å². The van der Waals surface area contributed by atoms with Gasteiger partial charge in [0.05, 0.1) is 11.0 Å². The van der Waals surface area contributed by atoms with Crippen molar-refractivity contribution in [1.29, 1.82) is 0 Å². The monoisotopic (exact) mass is 292 g/mol. The molecule has 3 rings (SSSR count). The average molecular weight is 292 g/mol. The van der Waals surface area contributed by atoms with Crippen LogP contribution in [0.25, 0.3) is 11.0 Å². The topological polar surface area (TPSA) is 17.8 Å². The zero-order valence-corrected chi connectivity index (χ0v) is 13.8. The van der Waals surface area contributed by atoms with Crippen LogP contribution in [0.15, 0.2) is 42.5 Å². The third kappa shape index (κ3) is 2.92. The van der Waals surface area contributed by atoms with Gasteiger partial charge in [0.1, 0.15) is 5.82 Å². The molecule has 114 valence electrons. The van der Waals surface area contributed by atoms with Gasteiger partial charge >= 0.3 is 0 Å². The molecule has 0 atom stereocenters. The van der Waals surface area contributed by atoms with Crippen LogP contribution in [0, 0.1) is 13.8 Å². The summed E-state index contributed by atoms with van der Waals surface area (Å²) in [5.74, 6) is 1.21. The third-order valence-corrected chi connectivity index (χ3v) is 4.32. The molecule has 3 aromatic rings. The summed E-state index contributed by atoms with van der Waals surface area (Å²) in [6.45, 7) is 7.50. The van der Waals surface area contributed by atoms with Gasteiger partial charge in [-0.25, -0.2) is 4.98 Å². The van der Waals surface area contributed by atoms with Crippen LogP contribution in [0.2, 0.25) is 0 Å². The molecule has 22 heavy (non-hydrogen) atoms. The fourth-order valence-electron chi connectivity index (χ4n) is 2.97. The Balaban J connectivity index is 2.05. The van der Waals surface area contributed by atoms with Gasteiger partial charge in [0, 0.05) is 13.0 Å². The Labute approximate surface area is 132 Å². The van der Waals surface area contributed by atoms with E-state index in [1.54, 1.807) is 0 Å². The first kappa shape index (κ1) is 14.8. The fourth-order valence-corrected chi connectivity index (χ4v) is 2.97. The summed E-state index contributed by atoms with van der Waals surface area (Å²) in [7, 11) is 0. The molecule has 2 nitrogen and oxygen atoms in total. The second-order valence-corrected chi connectivity index (χ2v) is 6.14. The Bertz CT molecular complexity index is 784. The minimum Gasteiger partial charge on any atom is -0.323 e. The maximum Gasteiger partial charge on any atom is 0.110 e. The van der Waals surface area contributed by atoms with Crippen molar-refractivity contribution in [3.05, 3.63) is 65.0 Å². The fraction of sp³-hybridized carbons (Fsp3) is 0.350. The van der Waals surface area contributed by atoms with Crippen molar-refractivity contribution in [3.8, 4) is 0 Å². The minimum atomic E-state index is 0.910. The van der Waals surface area contributed by atoms with Gasteiger partial charge < -0.3 is 4.57 Å². The predicted octanol–water partition coefficient (Wildman–Crippen LogP) is 5.04. The van der Waals surface area contributed by atoms with E-state index < -0.39 is 0 Å². The number of hydrogen-bond donors (Lipinski definition) is 0. The number of nitrogens with zero attached hydrogens (tertiary/aromatic N) is 2. The van der Waals surface area contributed by atoms with E-state index in [-0.39, 0.29) is 0 Å². The molecular formula is C20H24N2. The number of imidazole rings is 1. The van der Waals surface area contributed by atoms with E-state index in [9.17, 15) is 0 Å². The summed E-state index contributed by atoms with van der Waals surface area (Å²) in [5.41, 5.74) is 6.42. The number of aryl methyl sites for hydroxylation is 3. The van der Waals surface area contributed by atoms with E-state index in [1.807, 2.05) is 0 Å². The summed E-state index contributed by atoms with van der Waals surface area (Å²) in [5, 5.41) is 0. The molecule has 1 heterocycles. The van der Waals surface area contributed by atoms with Gasteiger partial charge in [0.15, 0.2) is 0 Å². The van der Waals surface area contributed by atoms with E-state index in [4.69, 9.17) is 4.98 Å². The molecule has 0 N–H and O–H groups in total. The van der Waals surface area contributed by atoms with Crippen molar-refractivity contribution in [1.82, 2.24) is 9.55 Å². The number of aromatic nitrogens is 2. The Morgan fingerprint density at radius 2 is 1.86 bits per heavy atom. The molecule has 0 amide bonds. The summed E-state index contributed by atoms with van der Waals surface area (Å²) < 4.78 is 2.40. The zero-order chi connectivity index (χ0) is 15.5. The van der Waals surface area contributed by atoms with Gasteiger partial charge in [-0.05, 0) is 43.5 Å². The maximum atomic E-state index is 4.86. The summed E-state index contributed by atoms with van der Waals surface area (Å²) in [4.78, 5) is 4.86. The van der Waals surface area contributed by atoms with Crippen molar-refractivity contribution in [3.63, 3.8) is 0 Å². The molecule has 0 aliphatic rings. The SMILES string of the molecule is CCCCc1nc2ccccc2n1Cc1cc(C)ccc1C. The predicted molar refractivity (Wildman–Crippen MR) is 93.4 cm³/mol. The highest BCUT2D eigenvalue weighted by atomic mass is 15.1. The van der Waals surface area contributed by atoms with Crippen LogP contribution in [0.5, 0.6) is 0 Å². The second-order valence-electron chi connectivity index (χ2n) is 6.14. The number of fused-ring (bicyclic) bond motifs is 1. The lowest BCUT2D eigenvalue weighted by Gasteiger charge is -2.12. The Morgan fingerprint density at radius 3 is 2.68 bits per heavy atom. The van der Waals surface area contributed by atoms with Gasteiger partial charge in [-0.1, -0.05) is 49.2 Å². The number of para-hydroxylation sites is 2. The number of rotatable bonds is 5. The average Bonchev–Trinajstić information content (AvgIpc) is 2.87. The lowest BCUT2D eigenvalue weighted by atomic mass is 10.1. The van der Waals surface area contributed by atoms with Crippen molar-refractivity contribution >= 4 is 11.0 Å². The van der Waals surface area contributed by atoms with Gasteiger partial charge in [-0.2, -0.15) is 0 Å². The molecule has 0 unspecified atom stereocenters. The standard InChI is InChI=1S/C20H24N2/c1-4-5-10-20-21-18-8-6-7-9-19(18)22(20)14-17-13-15(2)11-12-16(17)3/h6-9,11-13H,4-5,10,14H2,1-3H3. The lowest BCUT2D eigenvalue weighted by Crippen LogP contribution is -2.07. The molecule has 0 aliphatic heterocycles. The van der Waals surface area contributed by atoms with Crippen molar-refractivity contribution < 1.29 is 0 Å². The molecule has 0 fully saturated rings. The van der Waals surface area contributed by atoms with Gasteiger partial charge in [0.25, 0.3) is 0 Å². The highest BCUT2D eigenvalue weighted by Gasteiger charge is 2.11. The third-order valence-electron chi connectivity index (χ3n) is 4.32. The quantitative estimate of drug-likeness (QED) is 0.644. The lowest BCUT2D eigenvalue weighted by molar-refractivity contribution is 0.688. The summed E-state index contributed by atoms with van der Waals surface area (Å²) in [6.07, 6.45) is 3.44. The highest BCUT2D eigenvalue weighted by Crippen LogP contribution is 2.21. The van der Waals surface area contributed by atoms with Crippen molar-refractivity contribution in [2.24, 2.45) is 0 Å². The molecule has 0 saturated carbocycles. The van der Waals surface area contributed by atoms with Crippen LogP contribution in [0.1, 0.15) is 42.3 Å². The van der Waals surface area contributed by atoms with Crippen molar-refractivity contribution in [2.75, 3.05) is 0 Å². The van der Waals surface area contributed by atoms with Crippen LogP contribution < -0.4 is 0 Å². The first-order valence-electron chi connectivity index (χ1n) is 8.19. The van der Waals surface area contributed by atoms with Gasteiger partial charge in [0.2, 0.25) is 0 Å². The number of benzene rings is 2. The van der Waals surface area contributed by atoms with Crippen LogP contribution in [0.4, 0.5) is 0 Å². The van der Waals surface area contributed by atoms with E-state index >= 15 is 0 Å².